The van der Waals surface area contributed by atoms with Crippen molar-refractivity contribution in [2.75, 3.05) is 18.9 Å². The van der Waals surface area contributed by atoms with E-state index in [1.54, 1.807) is 12.1 Å². The maximum absolute atomic E-state index is 12.8. The molecule has 2 aliphatic rings. The largest absolute Gasteiger partial charge is 0.463 e. The summed E-state index contributed by atoms with van der Waals surface area (Å²) < 4.78 is 5.19. The molecular formula is C19H23ClN2O4S. The van der Waals surface area contributed by atoms with E-state index in [0.29, 0.717) is 17.2 Å². The fourth-order valence-corrected chi connectivity index (χ4v) is 4.52. The molecule has 1 spiro atoms. The molecule has 2 atom stereocenters. The quantitative estimate of drug-likeness (QED) is 0.336. The van der Waals surface area contributed by atoms with E-state index < -0.39 is 17.5 Å². The summed E-state index contributed by atoms with van der Waals surface area (Å²) >= 11 is 7.38. The number of carbonyl (C=O) groups is 3. The molecule has 0 bridgehead atoms. The molecule has 3 amide bonds. The lowest BCUT2D eigenvalue weighted by molar-refractivity contribution is -0.148. The van der Waals surface area contributed by atoms with Gasteiger partial charge in [0.1, 0.15) is 18.7 Å². The van der Waals surface area contributed by atoms with E-state index in [9.17, 15) is 14.4 Å². The van der Waals surface area contributed by atoms with Crippen LogP contribution in [-0.2, 0) is 14.3 Å². The molecule has 1 N–H and O–H groups in total. The van der Waals surface area contributed by atoms with Gasteiger partial charge < -0.3 is 10.1 Å². The topological polar surface area (TPSA) is 75.7 Å². The van der Waals surface area contributed by atoms with Gasteiger partial charge in [0.25, 0.3) is 5.91 Å². The van der Waals surface area contributed by atoms with Crippen LogP contribution in [0.2, 0.25) is 5.02 Å². The van der Waals surface area contributed by atoms with Crippen molar-refractivity contribution in [3.8, 4) is 0 Å². The number of thioether (sulfide) groups is 1. The molecule has 1 aromatic carbocycles. The van der Waals surface area contributed by atoms with E-state index in [-0.39, 0.29) is 25.0 Å². The van der Waals surface area contributed by atoms with Gasteiger partial charge in [0.2, 0.25) is 0 Å². The van der Waals surface area contributed by atoms with Gasteiger partial charge in [0.15, 0.2) is 0 Å². The molecule has 3 rings (SSSR count). The SMILES string of the molecule is C[C@@H]1CCCC[C@@]12NC(=O)N(CC(=O)OCCSc1ccc(Cl)cc1)C2=O. The van der Waals surface area contributed by atoms with Crippen molar-refractivity contribution in [1.29, 1.82) is 0 Å². The van der Waals surface area contributed by atoms with Gasteiger partial charge in [-0.1, -0.05) is 31.4 Å². The van der Waals surface area contributed by atoms with Crippen LogP contribution in [0.1, 0.15) is 32.6 Å². The number of imide groups is 1. The number of carbonyl (C=O) groups excluding carboxylic acids is 3. The number of rotatable bonds is 6. The zero-order valence-corrected chi connectivity index (χ0v) is 16.8. The highest BCUT2D eigenvalue weighted by atomic mass is 35.5. The molecule has 8 heteroatoms. The Morgan fingerprint density at radius 2 is 2.07 bits per heavy atom. The third kappa shape index (κ3) is 4.41. The van der Waals surface area contributed by atoms with E-state index in [4.69, 9.17) is 16.3 Å². The van der Waals surface area contributed by atoms with Gasteiger partial charge in [-0.15, -0.1) is 11.8 Å². The van der Waals surface area contributed by atoms with Crippen LogP contribution in [0.25, 0.3) is 0 Å². The third-order valence-electron chi connectivity index (χ3n) is 5.22. The highest BCUT2D eigenvalue weighted by Crippen LogP contribution is 2.38. The van der Waals surface area contributed by atoms with Crippen molar-refractivity contribution in [2.24, 2.45) is 5.92 Å². The number of nitrogens with zero attached hydrogens (tertiary/aromatic N) is 1. The average Bonchev–Trinajstić information content (AvgIpc) is 2.88. The van der Waals surface area contributed by atoms with Crippen LogP contribution in [0.15, 0.2) is 29.2 Å². The molecule has 1 saturated heterocycles. The normalized spacial score (nSPS) is 25.0. The van der Waals surface area contributed by atoms with Crippen molar-refractivity contribution in [3.63, 3.8) is 0 Å². The molecule has 0 radical (unpaired) electrons. The fourth-order valence-electron chi connectivity index (χ4n) is 3.66. The molecule has 1 aliphatic heterocycles. The Morgan fingerprint density at radius 1 is 1.33 bits per heavy atom. The Hall–Kier alpha value is -1.73. The zero-order chi connectivity index (χ0) is 19.4. The minimum atomic E-state index is -0.847. The Labute approximate surface area is 167 Å². The first-order valence-electron chi connectivity index (χ1n) is 9.10. The van der Waals surface area contributed by atoms with Crippen molar-refractivity contribution >= 4 is 41.3 Å². The molecule has 146 valence electrons. The number of hydrogen-bond donors (Lipinski definition) is 1. The van der Waals surface area contributed by atoms with Gasteiger partial charge in [-0.05, 0) is 43.0 Å². The summed E-state index contributed by atoms with van der Waals surface area (Å²) in [6.45, 7) is 1.84. The molecule has 0 unspecified atom stereocenters. The van der Waals surface area contributed by atoms with Gasteiger partial charge in [0.05, 0.1) is 0 Å². The van der Waals surface area contributed by atoms with Crippen LogP contribution in [0.5, 0.6) is 0 Å². The predicted octanol–water partition coefficient (Wildman–Crippen LogP) is 3.48. The van der Waals surface area contributed by atoms with E-state index in [1.165, 1.54) is 11.8 Å². The minimum absolute atomic E-state index is 0.0690. The molecule has 1 saturated carbocycles. The van der Waals surface area contributed by atoms with Gasteiger partial charge in [-0.25, -0.2) is 4.79 Å². The summed E-state index contributed by atoms with van der Waals surface area (Å²) in [5.74, 6) is -0.225. The lowest BCUT2D eigenvalue weighted by atomic mass is 9.73. The number of nitrogens with one attached hydrogen (secondary N) is 1. The van der Waals surface area contributed by atoms with Crippen LogP contribution < -0.4 is 5.32 Å². The smallest absolute Gasteiger partial charge is 0.326 e. The maximum atomic E-state index is 12.8. The van der Waals surface area contributed by atoms with Gasteiger partial charge >= 0.3 is 12.0 Å². The number of esters is 1. The first kappa shape index (κ1) is 20.0. The summed E-state index contributed by atoms with van der Waals surface area (Å²) in [5.41, 5.74) is -0.847. The Kier molecular flexibility index (Phi) is 6.32. The van der Waals surface area contributed by atoms with Crippen LogP contribution in [0, 0.1) is 5.92 Å². The predicted molar refractivity (Wildman–Crippen MR) is 104 cm³/mol. The molecule has 1 aliphatic carbocycles. The van der Waals surface area contributed by atoms with Crippen molar-refractivity contribution < 1.29 is 19.1 Å². The van der Waals surface area contributed by atoms with E-state index in [1.807, 2.05) is 19.1 Å². The second kappa shape index (κ2) is 8.52. The van der Waals surface area contributed by atoms with Crippen LogP contribution in [0.3, 0.4) is 0 Å². The molecule has 27 heavy (non-hydrogen) atoms. The van der Waals surface area contributed by atoms with Gasteiger partial charge in [-0.2, -0.15) is 0 Å². The first-order chi connectivity index (χ1) is 12.9. The zero-order valence-electron chi connectivity index (χ0n) is 15.2. The molecule has 1 aromatic rings. The van der Waals surface area contributed by atoms with Gasteiger partial charge in [-0.3, -0.25) is 14.5 Å². The van der Waals surface area contributed by atoms with Crippen molar-refractivity contribution in [2.45, 2.75) is 43.0 Å². The monoisotopic (exact) mass is 410 g/mol. The maximum Gasteiger partial charge on any atom is 0.326 e. The number of hydrogen-bond acceptors (Lipinski definition) is 5. The van der Waals surface area contributed by atoms with Crippen molar-refractivity contribution in [3.05, 3.63) is 29.3 Å². The summed E-state index contributed by atoms with van der Waals surface area (Å²) in [7, 11) is 0. The van der Waals surface area contributed by atoms with E-state index in [2.05, 4.69) is 5.32 Å². The van der Waals surface area contributed by atoms with Crippen LogP contribution in [-0.4, -0.2) is 47.3 Å². The fraction of sp³-hybridized carbons (Fsp3) is 0.526. The second-order valence-corrected chi connectivity index (χ2v) is 8.57. The first-order valence-corrected chi connectivity index (χ1v) is 10.5. The summed E-state index contributed by atoms with van der Waals surface area (Å²) in [6.07, 6.45) is 3.48. The van der Waals surface area contributed by atoms with Crippen LogP contribution in [0.4, 0.5) is 4.79 Å². The third-order valence-corrected chi connectivity index (χ3v) is 6.45. The number of ether oxygens (including phenoxy) is 1. The molecule has 6 nitrogen and oxygen atoms in total. The summed E-state index contributed by atoms with van der Waals surface area (Å²) in [5, 5.41) is 3.50. The number of urea groups is 1. The number of amides is 3. The Bertz CT molecular complexity index is 727. The standard InChI is InChI=1S/C19H23ClN2O4S/c1-13-4-2-3-9-19(13)17(24)22(18(25)21-19)12-16(23)26-10-11-27-15-7-5-14(20)6-8-15/h5-8,13H,2-4,9-12H2,1H3,(H,21,25)/t13-,19-/m1/s1. The lowest BCUT2D eigenvalue weighted by Crippen LogP contribution is -2.54. The highest BCUT2D eigenvalue weighted by Gasteiger charge is 2.55. The second-order valence-electron chi connectivity index (χ2n) is 6.96. The summed E-state index contributed by atoms with van der Waals surface area (Å²) in [4.78, 5) is 39.2. The lowest BCUT2D eigenvalue weighted by Gasteiger charge is -2.36. The number of benzene rings is 1. The Morgan fingerprint density at radius 3 is 2.78 bits per heavy atom. The average molecular weight is 411 g/mol. The number of halogens is 1. The van der Waals surface area contributed by atoms with Crippen LogP contribution >= 0.6 is 23.4 Å². The van der Waals surface area contributed by atoms with E-state index >= 15 is 0 Å². The highest BCUT2D eigenvalue weighted by molar-refractivity contribution is 7.99. The molecule has 2 fully saturated rings. The Balaban J connectivity index is 1.47. The van der Waals surface area contributed by atoms with E-state index in [0.717, 1.165) is 29.1 Å². The van der Waals surface area contributed by atoms with Gasteiger partial charge in [0, 0.05) is 15.7 Å². The molecular weight excluding hydrogens is 388 g/mol. The summed E-state index contributed by atoms with van der Waals surface area (Å²) in [6, 6.07) is 6.89. The van der Waals surface area contributed by atoms with Crippen molar-refractivity contribution in [1.82, 2.24) is 10.2 Å². The molecule has 1 heterocycles. The minimum Gasteiger partial charge on any atom is -0.463 e. The molecule has 0 aromatic heterocycles.